The molecule has 4 aromatic carbocycles. The predicted octanol–water partition coefficient (Wildman–Crippen LogP) is 10.3. The molecule has 0 aromatic heterocycles. The maximum atomic E-state index is 7.00. The molecule has 4 heterocycles. The molecule has 4 aromatic rings. The number of anilines is 1. The van der Waals surface area contributed by atoms with Gasteiger partial charge in [0.25, 0.3) is 0 Å². The number of ether oxygens (including phenoxy) is 2. The highest BCUT2D eigenvalue weighted by Gasteiger charge is 2.61. The molecule has 4 unspecified atom stereocenters. The zero-order valence-corrected chi connectivity index (χ0v) is 30.7. The summed E-state index contributed by atoms with van der Waals surface area (Å²) in [6.07, 6.45) is 18.1. The average Bonchev–Trinajstić information content (AvgIpc) is 3.44. The quantitative estimate of drug-likeness (QED) is 0.211. The van der Waals surface area contributed by atoms with Crippen molar-refractivity contribution >= 4 is 45.8 Å². The second-order valence-electron chi connectivity index (χ2n) is 16.3. The Labute approximate surface area is 306 Å². The summed E-state index contributed by atoms with van der Waals surface area (Å²) in [4.78, 5) is 14.7. The molecule has 6 aliphatic rings. The number of hydrogen-bond donors (Lipinski definition) is 0. The molecule has 4 aliphatic heterocycles. The van der Waals surface area contributed by atoms with Crippen LogP contribution in [0.1, 0.15) is 51.7 Å². The van der Waals surface area contributed by atoms with E-state index in [0.29, 0.717) is 11.8 Å². The van der Waals surface area contributed by atoms with Crippen molar-refractivity contribution in [2.24, 2.45) is 27.2 Å². The van der Waals surface area contributed by atoms with E-state index in [1.807, 2.05) is 12.4 Å². The molecule has 0 radical (unpaired) electrons. The summed E-state index contributed by atoms with van der Waals surface area (Å²) >= 11 is 0. The Bertz CT molecular complexity index is 2390. The lowest BCUT2D eigenvalue weighted by Crippen LogP contribution is -2.61. The number of benzene rings is 4. The lowest BCUT2D eigenvalue weighted by Gasteiger charge is -2.44. The predicted molar refractivity (Wildman–Crippen MR) is 212 cm³/mol. The monoisotopic (exact) mass is 684 g/mol. The van der Waals surface area contributed by atoms with E-state index in [2.05, 4.69) is 161 Å². The summed E-state index contributed by atoms with van der Waals surface area (Å²) in [5, 5.41) is 2.29. The van der Waals surface area contributed by atoms with Gasteiger partial charge in [-0.25, -0.2) is 0 Å². The smallest absolute Gasteiger partial charge is 0.228 e. The fourth-order valence-corrected chi connectivity index (χ4v) is 9.85. The van der Waals surface area contributed by atoms with Gasteiger partial charge in [0.05, 0.1) is 23.3 Å². The van der Waals surface area contributed by atoms with Crippen molar-refractivity contribution in [1.29, 1.82) is 0 Å². The van der Waals surface area contributed by atoms with Crippen molar-refractivity contribution < 1.29 is 9.47 Å². The summed E-state index contributed by atoms with van der Waals surface area (Å²) in [7, 11) is 4.27. The van der Waals surface area contributed by atoms with Gasteiger partial charge in [-0.15, -0.1) is 0 Å². The van der Waals surface area contributed by atoms with Crippen LogP contribution in [-0.4, -0.2) is 42.9 Å². The van der Waals surface area contributed by atoms with E-state index in [1.165, 1.54) is 33.5 Å². The van der Waals surface area contributed by atoms with Crippen molar-refractivity contribution in [1.82, 2.24) is 4.90 Å². The van der Waals surface area contributed by atoms with E-state index < -0.39 is 11.4 Å². The van der Waals surface area contributed by atoms with E-state index in [-0.39, 0.29) is 10.8 Å². The second kappa shape index (κ2) is 10.6. The number of rotatable bonds is 2. The van der Waals surface area contributed by atoms with Crippen LogP contribution in [0, 0.1) is 17.3 Å². The molecule has 4 atom stereocenters. The highest BCUT2D eigenvalue weighted by molar-refractivity contribution is 5.99. The molecule has 0 amide bonds. The molecule has 2 aliphatic carbocycles. The Kier molecular flexibility index (Phi) is 6.40. The molecular formula is C46H44N4O2. The van der Waals surface area contributed by atoms with Crippen LogP contribution in [0.5, 0.6) is 11.5 Å². The molecule has 52 heavy (non-hydrogen) atoms. The topological polar surface area (TPSA) is 49.7 Å². The number of fused-ring (bicyclic) bond motifs is 6. The van der Waals surface area contributed by atoms with Gasteiger partial charge in [-0.2, -0.15) is 0 Å². The van der Waals surface area contributed by atoms with Gasteiger partial charge in [-0.1, -0.05) is 85.0 Å². The SMILES string of the molecule is CN1C2=CC(C3C=CC(c4ccc5c(c4)N=CC4(O5)N(C)c5ccccc5C4(C)C)=CC3)CC=C2C(C)(C)C12C=Nc1c(ccc3ccccc13)O2. The molecule has 1 fully saturated rings. The van der Waals surface area contributed by atoms with E-state index in [1.54, 1.807) is 0 Å². The highest BCUT2D eigenvalue weighted by Crippen LogP contribution is 2.58. The Hall–Kier alpha value is -5.36. The summed E-state index contributed by atoms with van der Waals surface area (Å²) in [6.45, 7) is 9.08. The molecule has 1 saturated heterocycles. The lowest BCUT2D eigenvalue weighted by atomic mass is 9.73. The Morgan fingerprint density at radius 1 is 0.712 bits per heavy atom. The average molecular weight is 685 g/mol. The van der Waals surface area contributed by atoms with Crippen LogP contribution < -0.4 is 14.4 Å². The largest absolute Gasteiger partial charge is 0.459 e. The minimum Gasteiger partial charge on any atom is -0.459 e. The van der Waals surface area contributed by atoms with Gasteiger partial charge in [-0.05, 0) is 104 Å². The van der Waals surface area contributed by atoms with Crippen LogP contribution in [0.15, 0.2) is 130 Å². The number of nitrogens with zero attached hydrogens (tertiary/aromatic N) is 4. The molecule has 10 rings (SSSR count). The second-order valence-corrected chi connectivity index (χ2v) is 16.3. The summed E-state index contributed by atoms with van der Waals surface area (Å²) in [6, 6.07) is 27.6. The minimum atomic E-state index is -0.699. The fourth-order valence-electron chi connectivity index (χ4n) is 9.85. The summed E-state index contributed by atoms with van der Waals surface area (Å²) in [5.74, 6) is 2.46. The van der Waals surface area contributed by atoms with Gasteiger partial charge < -0.3 is 19.3 Å². The first-order valence-corrected chi connectivity index (χ1v) is 18.6. The van der Waals surface area contributed by atoms with E-state index >= 15 is 0 Å². The molecular weight excluding hydrogens is 641 g/mol. The van der Waals surface area contributed by atoms with Crippen molar-refractivity contribution in [3.8, 4) is 11.5 Å². The maximum absolute atomic E-state index is 7.00. The first-order chi connectivity index (χ1) is 25.0. The Morgan fingerprint density at radius 3 is 2.27 bits per heavy atom. The number of hydrogen-bond acceptors (Lipinski definition) is 6. The van der Waals surface area contributed by atoms with Crippen LogP contribution in [0.25, 0.3) is 16.3 Å². The molecule has 260 valence electrons. The minimum absolute atomic E-state index is 0.270. The van der Waals surface area contributed by atoms with E-state index in [9.17, 15) is 0 Å². The molecule has 0 N–H and O–H groups in total. The first kappa shape index (κ1) is 31.4. The summed E-state index contributed by atoms with van der Waals surface area (Å²) < 4.78 is 13.9. The molecule has 6 nitrogen and oxygen atoms in total. The van der Waals surface area contributed by atoms with Crippen LogP contribution >= 0.6 is 0 Å². The number of likely N-dealkylation sites (tertiary alicyclic amines) is 1. The zero-order chi connectivity index (χ0) is 35.6. The Balaban J connectivity index is 0.879. The number of allylic oxidation sites excluding steroid dienone is 7. The van der Waals surface area contributed by atoms with Crippen molar-refractivity contribution in [2.45, 2.75) is 57.4 Å². The maximum Gasteiger partial charge on any atom is 0.228 e. The molecule has 0 saturated carbocycles. The van der Waals surface area contributed by atoms with Gasteiger partial charge in [-0.3, -0.25) is 9.98 Å². The van der Waals surface area contributed by atoms with E-state index in [0.717, 1.165) is 46.7 Å². The van der Waals surface area contributed by atoms with Crippen LogP contribution in [0.4, 0.5) is 17.1 Å². The van der Waals surface area contributed by atoms with Crippen molar-refractivity contribution in [3.05, 3.63) is 132 Å². The van der Waals surface area contributed by atoms with Crippen molar-refractivity contribution in [3.63, 3.8) is 0 Å². The van der Waals surface area contributed by atoms with E-state index in [4.69, 9.17) is 19.5 Å². The number of para-hydroxylation sites is 1. The lowest BCUT2D eigenvalue weighted by molar-refractivity contribution is -0.0314. The molecule has 6 heteroatoms. The van der Waals surface area contributed by atoms with Crippen LogP contribution in [-0.2, 0) is 5.41 Å². The van der Waals surface area contributed by atoms with Gasteiger partial charge in [0, 0.05) is 30.9 Å². The van der Waals surface area contributed by atoms with Crippen LogP contribution in [0.2, 0.25) is 0 Å². The van der Waals surface area contributed by atoms with Crippen LogP contribution in [0.3, 0.4) is 0 Å². The zero-order valence-electron chi connectivity index (χ0n) is 30.7. The highest BCUT2D eigenvalue weighted by atomic mass is 16.5. The third-order valence-electron chi connectivity index (χ3n) is 13.1. The van der Waals surface area contributed by atoms with Gasteiger partial charge in [0.2, 0.25) is 11.4 Å². The first-order valence-electron chi connectivity index (χ1n) is 18.6. The fraction of sp³-hybridized carbons (Fsp3) is 0.304. The van der Waals surface area contributed by atoms with Gasteiger partial charge >= 0.3 is 0 Å². The van der Waals surface area contributed by atoms with Crippen molar-refractivity contribution in [2.75, 3.05) is 19.0 Å². The Morgan fingerprint density at radius 2 is 1.44 bits per heavy atom. The molecule has 0 bridgehead atoms. The number of likely N-dealkylation sites (N-methyl/N-ethyl adjacent to an activating group) is 2. The number of aliphatic imine (C=N–C) groups is 2. The van der Waals surface area contributed by atoms with Gasteiger partial charge in [0.15, 0.2) is 0 Å². The normalized spacial score (nSPS) is 28.5. The summed E-state index contributed by atoms with van der Waals surface area (Å²) in [5.41, 5.74) is 7.31. The van der Waals surface area contributed by atoms with Gasteiger partial charge in [0.1, 0.15) is 22.9 Å². The third kappa shape index (κ3) is 4.01. The molecule has 2 spiro atoms. The third-order valence-corrected chi connectivity index (χ3v) is 13.1. The standard InChI is InChI=1S/C46H44N4O2/c1-43(2)35-13-9-10-14-38(35)49(5)45(43)27-47-37-25-32(21-23-40(37)51-45)29-15-17-30(18-16-29)33-19-22-36-39(26-33)50(6)46(44(36,3)4)28-48-42-34-12-8-7-11-31(34)20-24-41(42)52-46/h7-17,20-28,30,33H,18-19H2,1-6H3.